The number of rotatable bonds is 8. The average Bonchev–Trinajstić information content (AvgIpc) is 2.44. The van der Waals surface area contributed by atoms with E-state index < -0.39 is 0 Å². The highest BCUT2D eigenvalue weighted by Gasteiger charge is 2.08. The molecular weight excluding hydrogens is 248 g/mol. The summed E-state index contributed by atoms with van der Waals surface area (Å²) in [6.07, 6.45) is 6.24. The van der Waals surface area contributed by atoms with Gasteiger partial charge in [0.1, 0.15) is 0 Å². The quantitative estimate of drug-likeness (QED) is 0.520. The van der Waals surface area contributed by atoms with E-state index in [1.807, 2.05) is 36.4 Å². The van der Waals surface area contributed by atoms with Gasteiger partial charge in [0.2, 0.25) is 0 Å². The Hall–Kier alpha value is -1.83. The Morgan fingerprint density at radius 1 is 1.35 bits per heavy atom. The topological polar surface area (TPSA) is 26.3 Å². The summed E-state index contributed by atoms with van der Waals surface area (Å²) < 4.78 is 5.33. The van der Waals surface area contributed by atoms with Gasteiger partial charge in [0.25, 0.3) is 0 Å². The Kier molecular flexibility index (Phi) is 7.41. The van der Waals surface area contributed by atoms with E-state index in [2.05, 4.69) is 26.5 Å². The molecule has 0 radical (unpaired) electrons. The Morgan fingerprint density at radius 3 is 2.70 bits per heavy atom. The fourth-order valence-electron chi connectivity index (χ4n) is 2.03. The van der Waals surface area contributed by atoms with Crippen LogP contribution in [-0.4, -0.2) is 12.6 Å². The van der Waals surface area contributed by atoms with Crippen LogP contribution in [0.1, 0.15) is 32.3 Å². The smallest absolute Gasteiger partial charge is 0.310 e. The Balaban J connectivity index is 2.28. The van der Waals surface area contributed by atoms with Crippen LogP contribution < -0.4 is 0 Å². The first-order valence-corrected chi connectivity index (χ1v) is 7.08. The second-order valence-electron chi connectivity index (χ2n) is 5.23. The number of carbonyl (C=O) groups is 1. The lowest BCUT2D eigenvalue weighted by atomic mass is 10.0. The van der Waals surface area contributed by atoms with Crippen LogP contribution in [0.5, 0.6) is 0 Å². The highest BCUT2D eigenvalue weighted by atomic mass is 16.5. The Labute approximate surface area is 122 Å². The summed E-state index contributed by atoms with van der Waals surface area (Å²) in [7, 11) is 0. The highest BCUT2D eigenvalue weighted by Crippen LogP contribution is 2.12. The van der Waals surface area contributed by atoms with Crippen molar-refractivity contribution in [2.75, 3.05) is 6.61 Å². The third-order valence-electron chi connectivity index (χ3n) is 3.02. The van der Waals surface area contributed by atoms with Crippen LogP contribution in [0.4, 0.5) is 0 Å². The van der Waals surface area contributed by atoms with Crippen LogP contribution in [0.25, 0.3) is 0 Å². The van der Waals surface area contributed by atoms with Gasteiger partial charge in [0.05, 0.1) is 13.0 Å². The summed E-state index contributed by atoms with van der Waals surface area (Å²) in [6.45, 7) is 8.38. The molecule has 0 aliphatic heterocycles. The van der Waals surface area contributed by atoms with Gasteiger partial charge in [-0.25, -0.2) is 0 Å². The van der Waals surface area contributed by atoms with Crippen molar-refractivity contribution in [2.24, 2.45) is 5.92 Å². The van der Waals surface area contributed by atoms with Gasteiger partial charge in [0.15, 0.2) is 0 Å². The molecule has 0 spiro atoms. The van der Waals surface area contributed by atoms with Crippen LogP contribution in [0.2, 0.25) is 0 Å². The molecular formula is C18H24O2. The minimum atomic E-state index is -0.157. The van der Waals surface area contributed by atoms with Crippen molar-refractivity contribution < 1.29 is 9.53 Å². The van der Waals surface area contributed by atoms with E-state index in [0.29, 0.717) is 18.9 Å². The van der Waals surface area contributed by atoms with Crippen molar-refractivity contribution in [3.8, 4) is 0 Å². The van der Waals surface area contributed by atoms with Gasteiger partial charge in [-0.15, -0.1) is 6.58 Å². The molecule has 2 nitrogen and oxygen atoms in total. The van der Waals surface area contributed by atoms with Crippen LogP contribution in [0, 0.1) is 5.92 Å². The van der Waals surface area contributed by atoms with Crippen molar-refractivity contribution in [3.05, 3.63) is 60.2 Å². The van der Waals surface area contributed by atoms with Gasteiger partial charge >= 0.3 is 5.97 Å². The summed E-state index contributed by atoms with van der Waals surface area (Å²) >= 11 is 0. The van der Waals surface area contributed by atoms with E-state index >= 15 is 0 Å². The lowest BCUT2D eigenvalue weighted by molar-refractivity contribution is -0.144. The van der Waals surface area contributed by atoms with Crippen molar-refractivity contribution in [2.45, 2.75) is 33.1 Å². The highest BCUT2D eigenvalue weighted by molar-refractivity contribution is 5.72. The monoisotopic (exact) mass is 272 g/mol. The molecule has 1 aromatic rings. The molecule has 108 valence electrons. The molecule has 0 aromatic heterocycles. The number of hydrogen-bond acceptors (Lipinski definition) is 2. The maximum absolute atomic E-state index is 11.7. The first kappa shape index (κ1) is 16.2. The fraction of sp³-hybridized carbons (Fsp3) is 0.389. The summed E-state index contributed by atoms with van der Waals surface area (Å²) in [5, 5.41) is 0. The van der Waals surface area contributed by atoms with Gasteiger partial charge in [-0.3, -0.25) is 4.79 Å². The zero-order valence-corrected chi connectivity index (χ0v) is 12.5. The third kappa shape index (κ3) is 6.93. The summed E-state index contributed by atoms with van der Waals surface area (Å²) in [4.78, 5) is 11.7. The number of esters is 1. The molecule has 1 aromatic carbocycles. The van der Waals surface area contributed by atoms with E-state index in [4.69, 9.17) is 4.74 Å². The zero-order valence-electron chi connectivity index (χ0n) is 12.5. The first-order chi connectivity index (χ1) is 9.61. The normalized spacial score (nSPS) is 12.8. The van der Waals surface area contributed by atoms with Crippen LogP contribution >= 0.6 is 0 Å². The molecule has 0 heterocycles. The lowest BCUT2D eigenvalue weighted by Gasteiger charge is -2.12. The van der Waals surface area contributed by atoms with E-state index in [1.54, 1.807) is 0 Å². The molecule has 1 unspecified atom stereocenters. The molecule has 2 heteroatoms. The van der Waals surface area contributed by atoms with Crippen molar-refractivity contribution in [1.29, 1.82) is 0 Å². The average molecular weight is 272 g/mol. The van der Waals surface area contributed by atoms with Crippen molar-refractivity contribution >= 4 is 5.97 Å². The number of hydrogen-bond donors (Lipinski definition) is 0. The minimum absolute atomic E-state index is 0.157. The van der Waals surface area contributed by atoms with Gasteiger partial charge in [-0.2, -0.15) is 0 Å². The summed E-state index contributed by atoms with van der Waals surface area (Å²) in [5.41, 5.74) is 2.31. The molecule has 0 amide bonds. The van der Waals surface area contributed by atoms with Crippen molar-refractivity contribution in [3.63, 3.8) is 0 Å². The largest absolute Gasteiger partial charge is 0.465 e. The number of benzene rings is 1. The zero-order chi connectivity index (χ0) is 14.8. The van der Waals surface area contributed by atoms with Crippen LogP contribution in [0.15, 0.2) is 54.6 Å². The predicted octanol–water partition coefficient (Wildman–Crippen LogP) is 4.32. The molecule has 0 N–H and O–H groups in total. The lowest BCUT2D eigenvalue weighted by Crippen LogP contribution is -2.14. The molecule has 0 bridgehead atoms. The molecule has 1 rings (SSSR count). The minimum Gasteiger partial charge on any atom is -0.465 e. The molecule has 0 aliphatic rings. The second kappa shape index (κ2) is 9.13. The second-order valence-corrected chi connectivity index (χ2v) is 5.23. The van der Waals surface area contributed by atoms with E-state index in [-0.39, 0.29) is 5.97 Å². The molecule has 0 saturated heterocycles. The molecule has 1 atom stereocenters. The molecule has 20 heavy (non-hydrogen) atoms. The SMILES string of the molecule is C=CC/C=C(\C)CC(C)COC(=O)Cc1ccccc1. The number of ether oxygens (including phenoxy) is 1. The Bertz CT molecular complexity index is 446. The maximum atomic E-state index is 11.7. The molecule has 0 aliphatic carbocycles. The van der Waals surface area contributed by atoms with Gasteiger partial charge in [-0.1, -0.05) is 55.0 Å². The Morgan fingerprint density at radius 2 is 2.05 bits per heavy atom. The van der Waals surface area contributed by atoms with Crippen LogP contribution in [-0.2, 0) is 16.0 Å². The predicted molar refractivity (Wildman–Crippen MR) is 83.5 cm³/mol. The fourth-order valence-corrected chi connectivity index (χ4v) is 2.03. The maximum Gasteiger partial charge on any atom is 0.310 e. The standard InChI is InChI=1S/C18H24O2/c1-4-5-9-15(2)12-16(3)14-20-18(19)13-17-10-7-6-8-11-17/h4,6-11,16H,1,5,12-14H2,2-3H3/b15-9+. The molecule has 0 saturated carbocycles. The van der Waals surface area contributed by atoms with Gasteiger partial charge in [0, 0.05) is 0 Å². The van der Waals surface area contributed by atoms with Gasteiger partial charge in [-0.05, 0) is 31.2 Å². The van der Waals surface area contributed by atoms with E-state index in [9.17, 15) is 4.79 Å². The van der Waals surface area contributed by atoms with Gasteiger partial charge < -0.3 is 4.74 Å². The number of carbonyl (C=O) groups excluding carboxylic acids is 1. The third-order valence-corrected chi connectivity index (χ3v) is 3.02. The first-order valence-electron chi connectivity index (χ1n) is 7.08. The summed E-state index contributed by atoms with van der Waals surface area (Å²) in [6, 6.07) is 9.67. The molecule has 0 fully saturated rings. The van der Waals surface area contributed by atoms with E-state index in [0.717, 1.165) is 18.4 Å². The summed E-state index contributed by atoms with van der Waals surface area (Å²) in [5.74, 6) is 0.187. The number of allylic oxidation sites excluding steroid dienone is 3. The van der Waals surface area contributed by atoms with Crippen LogP contribution in [0.3, 0.4) is 0 Å². The van der Waals surface area contributed by atoms with Crippen molar-refractivity contribution in [1.82, 2.24) is 0 Å². The van der Waals surface area contributed by atoms with E-state index in [1.165, 1.54) is 5.57 Å².